The second-order valence-corrected chi connectivity index (χ2v) is 21.3. The number of para-hydroxylation sites is 1. The Morgan fingerprint density at radius 1 is 0.556 bits per heavy atom. The first-order chi connectivity index (χ1) is 30.2. The topological polar surface area (TPSA) is 26.6 Å². The molecule has 0 radical (unpaired) electrons. The van der Waals surface area contributed by atoms with Gasteiger partial charge in [-0.05, 0) is 162 Å². The third-order valence-corrected chi connectivity index (χ3v) is 15.9. The minimum atomic E-state index is -0.325. The van der Waals surface area contributed by atoms with Crippen molar-refractivity contribution in [3.05, 3.63) is 148 Å². The van der Waals surface area contributed by atoms with Crippen LogP contribution in [0.1, 0.15) is 99.2 Å². The van der Waals surface area contributed by atoms with E-state index < -0.39 is 0 Å². The van der Waals surface area contributed by atoms with Gasteiger partial charge in [-0.25, -0.2) is 0 Å². The van der Waals surface area contributed by atoms with Gasteiger partial charge in [-0.15, -0.1) is 0 Å². The maximum Gasteiger partial charge on any atom is 0.252 e. The number of aromatic nitrogens is 1. The summed E-state index contributed by atoms with van der Waals surface area (Å²) in [6, 6.07) is 41.5. The molecule has 5 heteroatoms. The maximum absolute atomic E-state index is 7.56. The fourth-order valence-electron chi connectivity index (χ4n) is 13.0. The Hall–Kier alpha value is -6.20. The average molecular weight is 821 g/mol. The number of nitrogens with zero attached hydrogens (tertiary/aromatic N) is 2. The zero-order valence-corrected chi connectivity index (χ0v) is 38.0. The van der Waals surface area contributed by atoms with Gasteiger partial charge in [-0.3, -0.25) is 0 Å². The molecule has 4 nitrogen and oxygen atoms in total. The van der Waals surface area contributed by atoms with Gasteiger partial charge in [-0.2, -0.15) is 0 Å². The van der Waals surface area contributed by atoms with Gasteiger partial charge in [0.15, 0.2) is 11.5 Å². The molecule has 1 saturated carbocycles. The number of anilines is 3. The van der Waals surface area contributed by atoms with Crippen LogP contribution in [0.25, 0.3) is 38.6 Å². The molecular weight excluding hydrogens is 767 g/mol. The van der Waals surface area contributed by atoms with E-state index in [4.69, 9.17) is 9.47 Å². The molecule has 1 aromatic heterocycles. The number of hydrogen-bond donors (Lipinski definition) is 0. The molecule has 3 aliphatic carbocycles. The Balaban J connectivity index is 1.09. The number of rotatable bonds is 2. The molecule has 8 aromatic rings. The summed E-state index contributed by atoms with van der Waals surface area (Å²) < 4.78 is 17.5. The van der Waals surface area contributed by atoms with Crippen molar-refractivity contribution >= 4 is 62.0 Å². The van der Waals surface area contributed by atoms with Crippen molar-refractivity contribution in [1.29, 1.82) is 0 Å². The fraction of sp³-hybridized carbons (Fsp3) is 0.276. The summed E-state index contributed by atoms with van der Waals surface area (Å²) in [7, 11) is 0. The van der Waals surface area contributed by atoms with E-state index in [-0.39, 0.29) is 23.0 Å². The molecule has 4 heterocycles. The van der Waals surface area contributed by atoms with Crippen LogP contribution in [0.3, 0.4) is 0 Å². The predicted molar refractivity (Wildman–Crippen MR) is 263 cm³/mol. The van der Waals surface area contributed by atoms with Crippen molar-refractivity contribution in [3.8, 4) is 39.8 Å². The van der Waals surface area contributed by atoms with E-state index in [9.17, 15) is 0 Å². The van der Waals surface area contributed by atoms with Crippen molar-refractivity contribution in [2.75, 3.05) is 4.90 Å². The number of aryl methyl sites for hydroxylation is 4. The quantitative estimate of drug-likeness (QED) is 0.163. The molecule has 2 bridgehead atoms. The largest absolute Gasteiger partial charge is 0.458 e. The van der Waals surface area contributed by atoms with Crippen LogP contribution < -0.4 is 30.8 Å². The van der Waals surface area contributed by atoms with E-state index in [0.29, 0.717) is 0 Å². The molecule has 0 saturated heterocycles. The first-order valence-corrected chi connectivity index (χ1v) is 23.1. The van der Waals surface area contributed by atoms with Gasteiger partial charge in [0.25, 0.3) is 6.71 Å². The fourth-order valence-corrected chi connectivity index (χ4v) is 13.0. The zero-order valence-electron chi connectivity index (χ0n) is 38.0. The van der Waals surface area contributed by atoms with Crippen molar-refractivity contribution < 1.29 is 9.47 Å². The van der Waals surface area contributed by atoms with Crippen LogP contribution in [-0.2, 0) is 16.2 Å². The lowest BCUT2D eigenvalue weighted by Gasteiger charge is -2.52. The monoisotopic (exact) mass is 820 g/mol. The molecule has 6 aliphatic rings. The molecular formula is C58H53BN2O2. The first-order valence-electron chi connectivity index (χ1n) is 23.1. The minimum Gasteiger partial charge on any atom is -0.458 e. The van der Waals surface area contributed by atoms with Crippen molar-refractivity contribution in [2.24, 2.45) is 0 Å². The molecule has 0 spiro atoms. The van der Waals surface area contributed by atoms with Crippen molar-refractivity contribution in [1.82, 2.24) is 4.57 Å². The summed E-state index contributed by atoms with van der Waals surface area (Å²) >= 11 is 0. The molecule has 0 N–H and O–H groups in total. The van der Waals surface area contributed by atoms with Crippen molar-refractivity contribution in [2.45, 2.75) is 104 Å². The smallest absolute Gasteiger partial charge is 0.252 e. The van der Waals surface area contributed by atoms with E-state index in [1.807, 2.05) is 0 Å². The van der Waals surface area contributed by atoms with E-state index in [2.05, 4.69) is 181 Å². The Morgan fingerprint density at radius 2 is 1.16 bits per heavy atom. The van der Waals surface area contributed by atoms with Gasteiger partial charge in [0, 0.05) is 28.1 Å². The van der Waals surface area contributed by atoms with Gasteiger partial charge in [0.1, 0.15) is 11.5 Å². The van der Waals surface area contributed by atoms with Crippen LogP contribution in [-0.4, -0.2) is 11.3 Å². The second kappa shape index (κ2) is 12.3. The van der Waals surface area contributed by atoms with Crippen LogP contribution >= 0.6 is 0 Å². The van der Waals surface area contributed by atoms with Crippen LogP contribution in [0.5, 0.6) is 23.0 Å². The lowest BCUT2D eigenvalue weighted by Crippen LogP contribution is -2.53. The van der Waals surface area contributed by atoms with Gasteiger partial charge in [0.2, 0.25) is 0 Å². The van der Waals surface area contributed by atoms with Crippen LogP contribution in [0, 0.1) is 27.7 Å². The van der Waals surface area contributed by atoms with Crippen LogP contribution in [0.15, 0.2) is 109 Å². The van der Waals surface area contributed by atoms with Crippen LogP contribution in [0.4, 0.5) is 17.1 Å². The van der Waals surface area contributed by atoms with E-state index in [1.165, 1.54) is 108 Å². The lowest BCUT2D eigenvalue weighted by atomic mass is 9.37. The van der Waals surface area contributed by atoms with E-state index >= 15 is 0 Å². The minimum absolute atomic E-state index is 0.000490. The molecule has 1 fully saturated rings. The normalized spacial score (nSPS) is 19.9. The summed E-state index contributed by atoms with van der Waals surface area (Å²) in [5.74, 6) is 3.67. The molecule has 3 aliphatic heterocycles. The Kier molecular flexibility index (Phi) is 7.29. The van der Waals surface area contributed by atoms with Gasteiger partial charge in [0.05, 0.1) is 28.1 Å². The zero-order chi connectivity index (χ0) is 43.1. The molecule has 0 atom stereocenters. The van der Waals surface area contributed by atoms with Crippen LogP contribution in [0.2, 0.25) is 0 Å². The molecule has 63 heavy (non-hydrogen) atoms. The highest BCUT2D eigenvalue weighted by molar-refractivity contribution is 7.00. The Morgan fingerprint density at radius 3 is 1.81 bits per heavy atom. The molecule has 7 aromatic carbocycles. The Bertz CT molecular complexity index is 3290. The number of fused-ring (bicyclic) bond motifs is 12. The number of benzene rings is 7. The SMILES string of the molecule is Cc1cc(C)c2c(c1)c1cc(C)cc(C)c1n2-c1cc2c3c(c1)-c1ccccc1B3c1cc3c(c(C(C)(C)C)c1O2)Oc1cc2c(cc1N3c1ccccc1)C1(C)CCC2(C)CC1. The molecule has 310 valence electrons. The summed E-state index contributed by atoms with van der Waals surface area (Å²) in [5, 5.41) is 2.60. The standard InChI is InChI=1S/C58H53BN2O2/c1-32-23-34(3)52-40(25-32)41-26-33(2)24-35(4)53(41)61(52)37-27-39-38-17-13-14-18-44(38)59-45-31-47-55(50(56(5,6)7)54(45)63-49(28-37)51(39)59)62-48-30-43-42(57(8)19-21-58(43,9)22-20-57)29-46(48)60(47)36-15-11-10-12-16-36/h10-18,23-31H,19-22H2,1-9H3. The summed E-state index contributed by atoms with van der Waals surface area (Å²) in [6.07, 6.45) is 4.91. The third-order valence-electron chi connectivity index (χ3n) is 15.9. The molecule has 0 amide bonds. The number of ether oxygens (including phenoxy) is 2. The maximum atomic E-state index is 7.56. The Labute approximate surface area is 371 Å². The summed E-state index contributed by atoms with van der Waals surface area (Å²) in [4.78, 5) is 2.49. The summed E-state index contributed by atoms with van der Waals surface area (Å²) in [6.45, 7) is 20.9. The third kappa shape index (κ3) is 4.94. The van der Waals surface area contributed by atoms with Crippen molar-refractivity contribution in [3.63, 3.8) is 0 Å². The first kappa shape index (κ1) is 37.4. The van der Waals surface area contributed by atoms with Gasteiger partial charge < -0.3 is 18.9 Å². The second-order valence-electron chi connectivity index (χ2n) is 21.3. The lowest BCUT2D eigenvalue weighted by molar-refractivity contribution is 0.187. The highest BCUT2D eigenvalue weighted by Gasteiger charge is 2.50. The molecule has 0 unspecified atom stereocenters. The van der Waals surface area contributed by atoms with E-state index in [0.717, 1.165) is 51.3 Å². The van der Waals surface area contributed by atoms with Gasteiger partial charge in [-0.1, -0.05) is 106 Å². The number of hydrogen-bond acceptors (Lipinski definition) is 3. The highest BCUT2D eigenvalue weighted by Crippen LogP contribution is 2.62. The average Bonchev–Trinajstić information content (AvgIpc) is 3.76. The summed E-state index contributed by atoms with van der Waals surface area (Å²) in [5.41, 5.74) is 22.5. The predicted octanol–water partition coefficient (Wildman–Crippen LogP) is 13.6. The highest BCUT2D eigenvalue weighted by atomic mass is 16.5. The van der Waals surface area contributed by atoms with Gasteiger partial charge >= 0.3 is 0 Å². The molecule has 14 rings (SSSR count). The van der Waals surface area contributed by atoms with E-state index in [1.54, 1.807) is 0 Å².